The average Bonchev–Trinajstić information content (AvgIpc) is 4.22. The quantitative estimate of drug-likeness (QED) is 0.114. The van der Waals surface area contributed by atoms with Gasteiger partial charge in [0.1, 0.15) is 11.2 Å². The van der Waals surface area contributed by atoms with E-state index >= 15 is 0 Å². The molecule has 0 radical (unpaired) electrons. The molecule has 0 spiro atoms. The van der Waals surface area contributed by atoms with Crippen molar-refractivity contribution in [3.8, 4) is 22.3 Å². The van der Waals surface area contributed by atoms with Gasteiger partial charge >= 0.3 is 0 Å². The molecule has 0 fully saturated rings. The zero-order chi connectivity index (χ0) is 54.5. The Balaban J connectivity index is 1.01. The number of furan rings is 2. The molecule has 0 bridgehead atoms. The Morgan fingerprint density at radius 3 is 1.05 bits per heavy atom. The summed E-state index contributed by atoms with van der Waals surface area (Å²) in [6.45, 7) is 18.2. The summed E-state index contributed by atoms with van der Waals surface area (Å²) in [6.07, 6.45) is 0. The molecular weight excluding hydrogens is 973 g/mol. The molecule has 2 heterocycles. The SMILES string of the molecule is CC(C)c1cccc(N(c2ccc3ccc4c(N(c5cccc(C(C)C)c5)c5cccc6c5oc5c(-c7ccccc7C(C)C)cccc56)ccc5ccc2c3c54)c2cccc3c2oc2c(-c4ccccc4C(C)C)cccc23)c1. The van der Waals surface area contributed by atoms with Crippen molar-refractivity contribution in [1.82, 2.24) is 0 Å². The molecule has 0 saturated carbocycles. The molecular formula is C76H64N2O2. The zero-order valence-electron chi connectivity index (χ0n) is 46.8. The first-order chi connectivity index (χ1) is 39.0. The van der Waals surface area contributed by atoms with Crippen molar-refractivity contribution >= 4 is 110 Å². The predicted molar refractivity (Wildman–Crippen MR) is 341 cm³/mol. The number of anilines is 6. The van der Waals surface area contributed by atoms with Crippen molar-refractivity contribution in [3.05, 3.63) is 241 Å². The van der Waals surface area contributed by atoms with Gasteiger partial charge in [-0.1, -0.05) is 225 Å². The molecule has 12 aromatic carbocycles. The third-order valence-electron chi connectivity index (χ3n) is 16.9. The fourth-order valence-electron chi connectivity index (χ4n) is 12.9. The van der Waals surface area contributed by atoms with Crippen LogP contribution in [0.3, 0.4) is 0 Å². The molecule has 4 nitrogen and oxygen atoms in total. The van der Waals surface area contributed by atoms with Crippen molar-refractivity contribution in [2.24, 2.45) is 0 Å². The third kappa shape index (κ3) is 7.87. The highest BCUT2D eigenvalue weighted by molar-refractivity contribution is 6.29. The van der Waals surface area contributed by atoms with Gasteiger partial charge in [0, 0.05) is 54.8 Å². The normalized spacial score (nSPS) is 12.2. The van der Waals surface area contributed by atoms with Gasteiger partial charge in [0.15, 0.2) is 11.2 Å². The van der Waals surface area contributed by atoms with E-state index in [2.05, 4.69) is 284 Å². The van der Waals surface area contributed by atoms with Gasteiger partial charge in [-0.2, -0.15) is 0 Å². The van der Waals surface area contributed by atoms with Crippen LogP contribution in [0.2, 0.25) is 0 Å². The number of rotatable bonds is 12. The number of nitrogens with zero attached hydrogens (tertiary/aromatic N) is 2. The molecule has 390 valence electrons. The van der Waals surface area contributed by atoms with Crippen molar-refractivity contribution in [3.63, 3.8) is 0 Å². The summed E-state index contributed by atoms with van der Waals surface area (Å²) in [5.41, 5.74) is 19.6. The average molecular weight is 1040 g/mol. The second kappa shape index (κ2) is 19.4. The van der Waals surface area contributed by atoms with Gasteiger partial charge < -0.3 is 18.6 Å². The summed E-state index contributed by atoms with van der Waals surface area (Å²) < 4.78 is 14.6. The lowest BCUT2D eigenvalue weighted by atomic mass is 9.91. The predicted octanol–water partition coefficient (Wildman–Crippen LogP) is 23.2. The number of hydrogen-bond donors (Lipinski definition) is 0. The van der Waals surface area contributed by atoms with Crippen LogP contribution in [-0.2, 0) is 0 Å². The summed E-state index contributed by atoms with van der Waals surface area (Å²) in [5.74, 6) is 1.38. The summed E-state index contributed by atoms with van der Waals surface area (Å²) in [4.78, 5) is 4.90. The summed E-state index contributed by atoms with van der Waals surface area (Å²) >= 11 is 0. The van der Waals surface area contributed by atoms with Crippen LogP contribution in [0, 0.1) is 0 Å². The largest absolute Gasteiger partial charge is 0.453 e. The standard InChI is InChI=1S/C76H64N2O2/c1-45(2)51-19-13-21-53(43-51)77(69-33-17-31-63-61-29-15-27-59(73(61)79-75(63)69)57-25-11-9-23-55(57)47(5)6)67-41-37-49-36-40-66-68(42-38-50-35-39-65(67)71(49)72(50)66)78(54-22-14-20-52(44-54)46(3)4)70-34-18-32-64-62-30-16-28-60(74(62)80-76(64)70)58-26-12-10-24-56(58)48(7)8/h9-48H,1-8H3. The molecule has 4 heteroatoms. The Kier molecular flexibility index (Phi) is 11.9. The summed E-state index contributed by atoms with van der Waals surface area (Å²) in [7, 11) is 0. The monoisotopic (exact) mass is 1040 g/mol. The van der Waals surface area contributed by atoms with Gasteiger partial charge in [-0.15, -0.1) is 0 Å². The molecule has 0 saturated heterocycles. The number of hydrogen-bond acceptors (Lipinski definition) is 4. The first-order valence-corrected chi connectivity index (χ1v) is 28.6. The minimum atomic E-state index is 0.334. The smallest absolute Gasteiger partial charge is 0.159 e. The molecule has 0 unspecified atom stereocenters. The number of fused-ring (bicyclic) bond motifs is 6. The van der Waals surface area contributed by atoms with E-state index in [1.165, 1.54) is 54.9 Å². The maximum atomic E-state index is 7.32. The maximum absolute atomic E-state index is 7.32. The molecule has 0 amide bonds. The molecule has 0 aliphatic carbocycles. The van der Waals surface area contributed by atoms with Gasteiger partial charge in [-0.3, -0.25) is 0 Å². The van der Waals surface area contributed by atoms with E-state index < -0.39 is 0 Å². The molecule has 0 N–H and O–H groups in total. The lowest BCUT2D eigenvalue weighted by Crippen LogP contribution is -2.12. The lowest BCUT2D eigenvalue weighted by molar-refractivity contribution is 0.669. The highest BCUT2D eigenvalue weighted by Gasteiger charge is 2.28. The molecule has 14 rings (SSSR count). The van der Waals surface area contributed by atoms with Crippen molar-refractivity contribution in [2.75, 3.05) is 9.80 Å². The van der Waals surface area contributed by atoms with Gasteiger partial charge in [-0.05, 0) is 127 Å². The third-order valence-corrected chi connectivity index (χ3v) is 16.9. The fraction of sp³-hybridized carbons (Fsp3) is 0.158. The van der Waals surface area contributed by atoms with Crippen LogP contribution in [-0.4, -0.2) is 0 Å². The summed E-state index contributed by atoms with van der Waals surface area (Å²) in [6, 6.07) is 80.8. The Morgan fingerprint density at radius 1 is 0.275 bits per heavy atom. The van der Waals surface area contributed by atoms with Crippen LogP contribution in [0.1, 0.15) is 101 Å². The second-order valence-electron chi connectivity index (χ2n) is 23.1. The zero-order valence-corrected chi connectivity index (χ0v) is 46.8. The lowest BCUT2D eigenvalue weighted by Gasteiger charge is -2.30. The van der Waals surface area contributed by atoms with Crippen molar-refractivity contribution in [1.29, 1.82) is 0 Å². The van der Waals surface area contributed by atoms with Crippen molar-refractivity contribution in [2.45, 2.75) is 79.1 Å². The van der Waals surface area contributed by atoms with Crippen LogP contribution < -0.4 is 9.80 Å². The van der Waals surface area contributed by atoms with Gasteiger partial charge in [-0.25, -0.2) is 0 Å². The van der Waals surface area contributed by atoms with Crippen LogP contribution in [0.15, 0.2) is 227 Å². The van der Waals surface area contributed by atoms with Crippen LogP contribution in [0.5, 0.6) is 0 Å². The van der Waals surface area contributed by atoms with E-state index in [0.29, 0.717) is 23.7 Å². The van der Waals surface area contributed by atoms with E-state index in [0.717, 1.165) is 99.9 Å². The van der Waals surface area contributed by atoms with Crippen LogP contribution in [0.4, 0.5) is 34.1 Å². The number of benzene rings is 12. The number of para-hydroxylation sites is 4. The molecule has 0 aliphatic heterocycles. The van der Waals surface area contributed by atoms with Crippen molar-refractivity contribution < 1.29 is 8.83 Å². The molecule has 2 aromatic heterocycles. The first kappa shape index (κ1) is 49.2. The summed E-state index contributed by atoms with van der Waals surface area (Å²) in [5, 5.41) is 11.5. The Labute approximate surface area is 468 Å². The van der Waals surface area contributed by atoms with E-state index in [4.69, 9.17) is 8.83 Å². The Morgan fingerprint density at radius 2 is 0.637 bits per heavy atom. The molecule has 80 heavy (non-hydrogen) atoms. The van der Waals surface area contributed by atoms with Gasteiger partial charge in [0.25, 0.3) is 0 Å². The minimum absolute atomic E-state index is 0.334. The van der Waals surface area contributed by atoms with Gasteiger partial charge in [0.05, 0.1) is 22.7 Å². The maximum Gasteiger partial charge on any atom is 0.159 e. The Bertz CT molecular complexity index is 4400. The van der Waals surface area contributed by atoms with Gasteiger partial charge in [0.2, 0.25) is 0 Å². The topological polar surface area (TPSA) is 32.8 Å². The van der Waals surface area contributed by atoms with E-state index in [9.17, 15) is 0 Å². The molecule has 0 atom stereocenters. The fourth-order valence-corrected chi connectivity index (χ4v) is 12.9. The first-order valence-electron chi connectivity index (χ1n) is 28.6. The van der Waals surface area contributed by atoms with E-state index in [1.54, 1.807) is 0 Å². The highest BCUT2D eigenvalue weighted by atomic mass is 16.3. The van der Waals surface area contributed by atoms with E-state index in [-0.39, 0.29) is 0 Å². The molecule has 14 aromatic rings. The minimum Gasteiger partial charge on any atom is -0.453 e. The van der Waals surface area contributed by atoms with E-state index in [1.807, 2.05) is 0 Å². The molecule has 0 aliphatic rings. The Hall–Kier alpha value is -9.12. The highest BCUT2D eigenvalue weighted by Crippen LogP contribution is 2.52. The second-order valence-corrected chi connectivity index (χ2v) is 23.1. The van der Waals surface area contributed by atoms with Crippen LogP contribution >= 0.6 is 0 Å². The van der Waals surface area contributed by atoms with Crippen LogP contribution in [0.25, 0.3) is 98.4 Å².